The van der Waals surface area contributed by atoms with Gasteiger partial charge in [0.2, 0.25) is 0 Å². The molecule has 1 saturated carbocycles. The summed E-state index contributed by atoms with van der Waals surface area (Å²) in [5.41, 5.74) is 1.53. The number of carbonyl (C=O) groups is 1. The number of ketones is 1. The van der Waals surface area contributed by atoms with Crippen LogP contribution in [0.4, 0.5) is 0 Å². The first-order valence-electron chi connectivity index (χ1n) is 8.99. The van der Waals surface area contributed by atoms with Crippen molar-refractivity contribution in [1.29, 1.82) is 0 Å². The summed E-state index contributed by atoms with van der Waals surface area (Å²) in [5.74, 6) is 0.650. The molecular formula is C20H28O3. The second-order valence-corrected chi connectivity index (χ2v) is 8.78. The monoisotopic (exact) mass is 316 g/mol. The van der Waals surface area contributed by atoms with Gasteiger partial charge in [0.05, 0.1) is 11.7 Å². The summed E-state index contributed by atoms with van der Waals surface area (Å²) in [7, 11) is 0. The van der Waals surface area contributed by atoms with Gasteiger partial charge in [-0.2, -0.15) is 0 Å². The van der Waals surface area contributed by atoms with Gasteiger partial charge in [-0.1, -0.05) is 26.5 Å². The molecule has 2 bridgehead atoms. The van der Waals surface area contributed by atoms with Crippen molar-refractivity contribution in [1.82, 2.24) is 0 Å². The van der Waals surface area contributed by atoms with Crippen LogP contribution in [0, 0.1) is 11.3 Å². The van der Waals surface area contributed by atoms with E-state index in [4.69, 9.17) is 9.47 Å². The smallest absolute Gasteiger partial charge is 0.194 e. The van der Waals surface area contributed by atoms with Crippen molar-refractivity contribution in [3.63, 3.8) is 0 Å². The molecule has 0 amide bonds. The maximum atomic E-state index is 12.9. The zero-order valence-electron chi connectivity index (χ0n) is 14.8. The standard InChI is InChI=1S/C20H28O3/c1-12-6-7-14-13(2)18(12,3)10-11-19(4)15(22-19)8-9-20(5)17(23-20)16(14)21/h7,12,15,17H,2,6,8-11H2,1,3-5H3/t12-,15+,17+,18+,19+,20-/m1/s1. The van der Waals surface area contributed by atoms with Gasteiger partial charge >= 0.3 is 0 Å². The van der Waals surface area contributed by atoms with Gasteiger partial charge in [-0.25, -0.2) is 0 Å². The molecule has 0 unspecified atom stereocenters. The molecule has 0 aromatic carbocycles. The lowest BCUT2D eigenvalue weighted by atomic mass is 9.62. The van der Waals surface area contributed by atoms with Crippen molar-refractivity contribution in [3.05, 3.63) is 23.8 Å². The number of hydrogen-bond donors (Lipinski definition) is 0. The quantitative estimate of drug-likeness (QED) is 0.635. The molecule has 0 spiro atoms. The van der Waals surface area contributed by atoms with Crippen molar-refractivity contribution in [2.75, 3.05) is 0 Å². The number of Topliss-reactive ketones (excluding diaryl/α,β-unsaturated/α-hetero) is 1. The molecule has 0 N–H and O–H groups in total. The maximum absolute atomic E-state index is 12.9. The fourth-order valence-corrected chi connectivity index (χ4v) is 4.63. The summed E-state index contributed by atoms with van der Waals surface area (Å²) in [5, 5.41) is 0. The summed E-state index contributed by atoms with van der Waals surface area (Å²) < 4.78 is 11.9. The molecule has 0 radical (unpaired) electrons. The number of carbonyl (C=O) groups excluding carboxylic acids is 1. The molecule has 2 saturated heterocycles. The van der Waals surface area contributed by atoms with E-state index in [-0.39, 0.29) is 28.5 Å². The number of rotatable bonds is 0. The fourth-order valence-electron chi connectivity index (χ4n) is 4.63. The number of ether oxygens (including phenoxy) is 2. The first-order chi connectivity index (χ1) is 10.7. The molecule has 2 aliphatic heterocycles. The Balaban J connectivity index is 1.70. The van der Waals surface area contributed by atoms with Gasteiger partial charge in [-0.15, -0.1) is 0 Å². The van der Waals surface area contributed by atoms with Crippen LogP contribution in [0.3, 0.4) is 0 Å². The van der Waals surface area contributed by atoms with Gasteiger partial charge < -0.3 is 9.47 Å². The number of allylic oxidation sites excluding steroid dienone is 2. The van der Waals surface area contributed by atoms with E-state index in [1.54, 1.807) is 0 Å². The van der Waals surface area contributed by atoms with Gasteiger partial charge in [0.15, 0.2) is 5.78 Å². The van der Waals surface area contributed by atoms with Gasteiger partial charge in [0.25, 0.3) is 0 Å². The Morgan fingerprint density at radius 2 is 1.87 bits per heavy atom. The third-order valence-electron chi connectivity index (χ3n) is 7.24. The Labute approximate surface area is 139 Å². The molecule has 126 valence electrons. The SMILES string of the molecule is C=C1C2=CC[C@@H](C)[C@]1(C)CC[C@]1(C)O[C@H]1CC[C@@]1(C)O[C@H]1C2=O. The van der Waals surface area contributed by atoms with E-state index in [2.05, 4.69) is 40.3 Å². The predicted octanol–water partition coefficient (Wildman–Crippen LogP) is 3.97. The van der Waals surface area contributed by atoms with E-state index in [1.165, 1.54) is 0 Å². The molecule has 3 nitrogen and oxygen atoms in total. The number of fused-ring (bicyclic) bond motifs is 4. The van der Waals surface area contributed by atoms with Crippen LogP contribution >= 0.6 is 0 Å². The highest BCUT2D eigenvalue weighted by Gasteiger charge is 2.61. The summed E-state index contributed by atoms with van der Waals surface area (Å²) in [6.45, 7) is 13.2. The third kappa shape index (κ3) is 2.20. The average molecular weight is 316 g/mol. The summed E-state index contributed by atoms with van der Waals surface area (Å²) in [6, 6.07) is 0. The van der Waals surface area contributed by atoms with Crippen LogP contribution in [0.25, 0.3) is 0 Å². The first kappa shape index (κ1) is 15.6. The molecule has 2 aliphatic carbocycles. The van der Waals surface area contributed by atoms with E-state index in [0.717, 1.165) is 43.3 Å². The van der Waals surface area contributed by atoms with Crippen molar-refractivity contribution in [3.8, 4) is 0 Å². The van der Waals surface area contributed by atoms with Crippen molar-refractivity contribution < 1.29 is 14.3 Å². The second kappa shape index (κ2) is 4.58. The van der Waals surface area contributed by atoms with Crippen LogP contribution in [0.2, 0.25) is 0 Å². The molecule has 0 aromatic heterocycles. The van der Waals surface area contributed by atoms with E-state index in [0.29, 0.717) is 12.0 Å². The van der Waals surface area contributed by atoms with E-state index in [1.807, 2.05) is 0 Å². The molecule has 4 aliphatic rings. The second-order valence-electron chi connectivity index (χ2n) is 8.78. The van der Waals surface area contributed by atoms with Gasteiger partial charge in [-0.05, 0) is 62.9 Å². The Bertz CT molecular complexity index is 620. The Morgan fingerprint density at radius 1 is 1.13 bits per heavy atom. The topological polar surface area (TPSA) is 42.1 Å². The summed E-state index contributed by atoms with van der Waals surface area (Å²) in [4.78, 5) is 12.9. The lowest BCUT2D eigenvalue weighted by Gasteiger charge is -2.42. The van der Waals surface area contributed by atoms with Gasteiger partial charge in [0, 0.05) is 5.57 Å². The maximum Gasteiger partial charge on any atom is 0.194 e. The zero-order valence-corrected chi connectivity index (χ0v) is 14.8. The number of hydrogen-bond acceptors (Lipinski definition) is 3. The Kier molecular flexibility index (Phi) is 3.10. The minimum absolute atomic E-state index is 0.00822. The van der Waals surface area contributed by atoms with Crippen LogP contribution in [-0.2, 0) is 14.3 Å². The van der Waals surface area contributed by atoms with Crippen LogP contribution in [-0.4, -0.2) is 29.2 Å². The summed E-state index contributed by atoms with van der Waals surface area (Å²) in [6.07, 6.45) is 7.05. The molecule has 2 heterocycles. The Hall–Kier alpha value is -0.930. The predicted molar refractivity (Wildman–Crippen MR) is 89.1 cm³/mol. The van der Waals surface area contributed by atoms with Gasteiger partial charge in [-0.3, -0.25) is 4.79 Å². The third-order valence-corrected chi connectivity index (χ3v) is 7.24. The van der Waals surface area contributed by atoms with Crippen molar-refractivity contribution in [2.45, 2.75) is 83.2 Å². The van der Waals surface area contributed by atoms with Crippen LogP contribution < -0.4 is 0 Å². The molecule has 23 heavy (non-hydrogen) atoms. The minimum atomic E-state index is -0.302. The highest BCUT2D eigenvalue weighted by atomic mass is 16.6. The average Bonchev–Trinajstić information content (AvgIpc) is 3.37. The molecular weight excluding hydrogens is 288 g/mol. The molecule has 4 rings (SSSR count). The van der Waals surface area contributed by atoms with Crippen LogP contribution in [0.5, 0.6) is 0 Å². The molecule has 0 aromatic rings. The number of epoxide rings is 2. The van der Waals surface area contributed by atoms with Crippen LogP contribution in [0.1, 0.15) is 59.8 Å². The summed E-state index contributed by atoms with van der Waals surface area (Å²) >= 11 is 0. The highest BCUT2D eigenvalue weighted by Crippen LogP contribution is 2.55. The first-order valence-corrected chi connectivity index (χ1v) is 8.99. The van der Waals surface area contributed by atoms with Crippen molar-refractivity contribution in [2.24, 2.45) is 11.3 Å². The highest BCUT2D eigenvalue weighted by molar-refractivity contribution is 6.05. The van der Waals surface area contributed by atoms with E-state index < -0.39 is 0 Å². The van der Waals surface area contributed by atoms with Crippen molar-refractivity contribution >= 4 is 5.78 Å². The fraction of sp³-hybridized carbons (Fsp3) is 0.750. The molecule has 3 heteroatoms. The minimum Gasteiger partial charge on any atom is -0.366 e. The molecule has 3 fully saturated rings. The Morgan fingerprint density at radius 3 is 2.61 bits per heavy atom. The molecule has 6 atom stereocenters. The van der Waals surface area contributed by atoms with E-state index >= 15 is 0 Å². The lowest BCUT2D eigenvalue weighted by Crippen LogP contribution is -2.36. The van der Waals surface area contributed by atoms with Gasteiger partial charge in [0.1, 0.15) is 11.7 Å². The zero-order chi connectivity index (χ0) is 16.6. The lowest BCUT2D eigenvalue weighted by molar-refractivity contribution is -0.116. The normalized spacial score (nSPS) is 52.5. The largest absolute Gasteiger partial charge is 0.366 e. The van der Waals surface area contributed by atoms with E-state index in [9.17, 15) is 4.79 Å². The van der Waals surface area contributed by atoms with Crippen LogP contribution in [0.15, 0.2) is 23.8 Å².